The molecule has 6 aromatic rings. The van der Waals surface area contributed by atoms with Gasteiger partial charge in [-0.05, 0) is 113 Å². The summed E-state index contributed by atoms with van der Waals surface area (Å²) in [5.41, 5.74) is 4.72. The number of hydrogen-bond donors (Lipinski definition) is 3. The third-order valence-corrected chi connectivity index (χ3v) is 15.4. The summed E-state index contributed by atoms with van der Waals surface area (Å²) in [4.78, 5) is 48.3. The Morgan fingerprint density at radius 2 is 1.59 bits per heavy atom. The minimum Gasteiger partial charge on any atom is -0.497 e. The van der Waals surface area contributed by atoms with E-state index in [9.17, 15) is 25.1 Å². The first-order chi connectivity index (χ1) is 40.1. The first-order valence-corrected chi connectivity index (χ1v) is 27.7. The normalized spacial score (nSPS) is 20.1. The molecule has 1 aliphatic heterocycles. The Labute approximate surface area is 477 Å². The number of nitrogens with zero attached hydrogens (tertiary/aromatic N) is 3. The van der Waals surface area contributed by atoms with Crippen molar-refractivity contribution in [1.29, 1.82) is 0 Å². The number of non-ortho nitro benzene ring substituents is 1. The van der Waals surface area contributed by atoms with Crippen LogP contribution >= 0.6 is 0 Å². The number of carbonyl (C=O) groups is 2. The molecule has 3 aliphatic rings. The SMILES string of the molecule is C=CCO[C@@]12Oc3ccc(OC(=O)Nc4ccc(OC)cc4OC)cc3[C@H]3[C@H](CCCCO)[C@@H](CCCCO)C=C(C(=NOCc4ccc([N+](=O)[O-])cc4)C[C@@H]1N(Cc1cccc4ccccc14)C(=O)OCCOCc1ccccc1)[C@H]32. The number of unbranched alkanes of at least 4 members (excludes halogenated alkanes) is 2. The maximum atomic E-state index is 15.4. The lowest BCUT2D eigenvalue weighted by Gasteiger charge is -2.59. The van der Waals surface area contributed by atoms with Crippen LogP contribution in [0.2, 0.25) is 0 Å². The number of ether oxygens (including phenoxy) is 7. The molecule has 1 heterocycles. The van der Waals surface area contributed by atoms with Crippen molar-refractivity contribution in [3.8, 4) is 23.0 Å². The number of rotatable bonds is 27. The van der Waals surface area contributed by atoms with E-state index in [1.54, 1.807) is 53.4 Å². The molecule has 0 aromatic heterocycles. The van der Waals surface area contributed by atoms with Gasteiger partial charge < -0.3 is 48.2 Å². The molecule has 1 fully saturated rings. The predicted octanol–water partition coefficient (Wildman–Crippen LogP) is 12.1. The van der Waals surface area contributed by atoms with Crippen molar-refractivity contribution in [3.63, 3.8) is 0 Å². The fraction of sp³-hybridized carbons (Fsp3) is 0.359. The molecule has 430 valence electrons. The number of amides is 2. The van der Waals surface area contributed by atoms with E-state index in [1.165, 1.54) is 26.4 Å². The Bertz CT molecular complexity index is 3220. The molecular formula is C64H70N4O14. The quantitative estimate of drug-likeness (QED) is 0.0189. The highest BCUT2D eigenvalue weighted by Gasteiger charge is 2.66. The second-order valence-electron chi connectivity index (χ2n) is 20.5. The highest BCUT2D eigenvalue weighted by atomic mass is 16.7. The number of nitro groups is 1. The molecule has 82 heavy (non-hydrogen) atoms. The van der Waals surface area contributed by atoms with Gasteiger partial charge in [0.2, 0.25) is 5.79 Å². The van der Waals surface area contributed by atoms with Gasteiger partial charge in [0, 0.05) is 49.3 Å². The molecule has 0 unspecified atom stereocenters. The van der Waals surface area contributed by atoms with Gasteiger partial charge in [-0.25, -0.2) is 9.59 Å². The molecule has 0 radical (unpaired) electrons. The number of fused-ring (bicyclic) bond motifs is 3. The first-order valence-electron chi connectivity index (χ1n) is 27.7. The van der Waals surface area contributed by atoms with E-state index in [4.69, 9.17) is 43.2 Å². The highest BCUT2D eigenvalue weighted by Crippen LogP contribution is 2.62. The minimum atomic E-state index is -1.68. The summed E-state index contributed by atoms with van der Waals surface area (Å²) in [7, 11) is 3.02. The molecule has 18 nitrogen and oxygen atoms in total. The molecule has 0 bridgehead atoms. The van der Waals surface area contributed by atoms with Gasteiger partial charge in [0.1, 0.15) is 42.3 Å². The maximum absolute atomic E-state index is 15.4. The molecule has 0 spiro atoms. The third kappa shape index (κ3) is 13.5. The molecule has 6 atom stereocenters. The van der Waals surface area contributed by atoms with E-state index in [0.29, 0.717) is 84.9 Å². The number of nitrogens with one attached hydrogen (secondary N) is 1. The van der Waals surface area contributed by atoms with E-state index < -0.39 is 40.8 Å². The summed E-state index contributed by atoms with van der Waals surface area (Å²) in [6.07, 6.45) is 6.27. The van der Waals surface area contributed by atoms with Crippen molar-refractivity contribution in [2.24, 2.45) is 22.9 Å². The van der Waals surface area contributed by atoms with E-state index in [1.807, 2.05) is 78.9 Å². The number of aliphatic hydroxyl groups excluding tert-OH is 2. The molecule has 3 N–H and O–H groups in total. The van der Waals surface area contributed by atoms with Gasteiger partial charge in [-0.2, -0.15) is 0 Å². The number of hydrogen-bond acceptors (Lipinski definition) is 15. The lowest BCUT2D eigenvalue weighted by Crippen LogP contribution is -2.70. The number of benzene rings is 6. The zero-order chi connectivity index (χ0) is 57.4. The lowest BCUT2D eigenvalue weighted by molar-refractivity contribution is -0.384. The number of anilines is 1. The second-order valence-corrected chi connectivity index (χ2v) is 20.5. The Morgan fingerprint density at radius 3 is 2.34 bits per heavy atom. The molecular weight excluding hydrogens is 1050 g/mol. The van der Waals surface area contributed by atoms with Gasteiger partial charge in [-0.15, -0.1) is 6.58 Å². The van der Waals surface area contributed by atoms with Crippen molar-refractivity contribution < 1.29 is 62.7 Å². The van der Waals surface area contributed by atoms with Gasteiger partial charge >= 0.3 is 12.2 Å². The van der Waals surface area contributed by atoms with E-state index in [2.05, 4.69) is 18.0 Å². The number of allylic oxidation sites excluding steroid dienone is 1. The fourth-order valence-corrected chi connectivity index (χ4v) is 11.7. The molecule has 2 aliphatic carbocycles. The maximum Gasteiger partial charge on any atom is 0.417 e. The highest BCUT2D eigenvalue weighted by molar-refractivity contribution is 6.03. The van der Waals surface area contributed by atoms with Crippen LogP contribution in [-0.2, 0) is 38.8 Å². The smallest absolute Gasteiger partial charge is 0.417 e. The van der Waals surface area contributed by atoms with Gasteiger partial charge in [-0.1, -0.05) is 103 Å². The van der Waals surface area contributed by atoms with Crippen LogP contribution in [0.15, 0.2) is 163 Å². The number of carbonyl (C=O) groups excluding carboxylic acids is 2. The van der Waals surface area contributed by atoms with Crippen LogP contribution in [0.25, 0.3) is 10.8 Å². The van der Waals surface area contributed by atoms with Crippen molar-refractivity contribution in [2.45, 2.75) is 82.5 Å². The second kappa shape index (κ2) is 27.9. The summed E-state index contributed by atoms with van der Waals surface area (Å²) in [6.45, 7) is 4.45. The number of aliphatic hydroxyl groups is 2. The number of oxime groups is 1. The van der Waals surface area contributed by atoms with Crippen LogP contribution in [-0.4, -0.2) is 97.0 Å². The fourth-order valence-electron chi connectivity index (χ4n) is 11.7. The van der Waals surface area contributed by atoms with Gasteiger partial charge in [-0.3, -0.25) is 20.3 Å². The van der Waals surface area contributed by atoms with Gasteiger partial charge in [0.25, 0.3) is 5.69 Å². The average molecular weight is 1120 g/mol. The van der Waals surface area contributed by atoms with E-state index in [-0.39, 0.29) is 75.9 Å². The first kappa shape index (κ1) is 58.4. The lowest BCUT2D eigenvalue weighted by atomic mass is 9.55. The molecule has 0 saturated heterocycles. The molecule has 18 heteroatoms. The minimum absolute atomic E-state index is 0.00122. The van der Waals surface area contributed by atoms with Crippen LogP contribution in [0.3, 0.4) is 0 Å². The van der Waals surface area contributed by atoms with Crippen LogP contribution in [0, 0.1) is 27.9 Å². The van der Waals surface area contributed by atoms with Crippen molar-refractivity contribution in [1.82, 2.24) is 4.90 Å². The largest absolute Gasteiger partial charge is 0.497 e. The van der Waals surface area contributed by atoms with Crippen molar-refractivity contribution in [3.05, 3.63) is 190 Å². The Balaban J connectivity index is 1.19. The molecule has 1 saturated carbocycles. The topological polar surface area (TPSA) is 219 Å². The monoisotopic (exact) mass is 1120 g/mol. The van der Waals surface area contributed by atoms with Crippen molar-refractivity contribution >= 4 is 40.0 Å². The Morgan fingerprint density at radius 1 is 0.841 bits per heavy atom. The predicted molar refractivity (Wildman–Crippen MR) is 309 cm³/mol. The zero-order valence-corrected chi connectivity index (χ0v) is 46.2. The van der Waals surface area contributed by atoms with E-state index >= 15 is 4.79 Å². The Hall–Kier alpha value is -8.29. The van der Waals surface area contributed by atoms with Crippen LogP contribution < -0.4 is 24.3 Å². The third-order valence-electron chi connectivity index (χ3n) is 15.4. The van der Waals surface area contributed by atoms with Crippen LogP contribution in [0.5, 0.6) is 23.0 Å². The van der Waals surface area contributed by atoms with Crippen molar-refractivity contribution in [2.75, 3.05) is 52.6 Å². The summed E-state index contributed by atoms with van der Waals surface area (Å²) in [5, 5.41) is 41.5. The molecule has 2 amide bonds. The summed E-state index contributed by atoms with van der Waals surface area (Å²) >= 11 is 0. The Kier molecular flexibility index (Phi) is 19.9. The number of methoxy groups -OCH3 is 2. The molecule has 6 aromatic carbocycles. The average Bonchev–Trinajstić information content (AvgIpc) is 3.60. The number of nitro benzene ring substituents is 1. The van der Waals surface area contributed by atoms with Crippen LogP contribution in [0.1, 0.15) is 73.1 Å². The van der Waals surface area contributed by atoms with Crippen LogP contribution in [0.4, 0.5) is 21.0 Å². The summed E-state index contributed by atoms with van der Waals surface area (Å²) in [5.74, 6) is -1.63. The molecule has 9 rings (SSSR count). The summed E-state index contributed by atoms with van der Waals surface area (Å²) in [6, 6.07) is 38.9. The zero-order valence-electron chi connectivity index (χ0n) is 46.2. The van der Waals surface area contributed by atoms with Gasteiger partial charge in [0.15, 0.2) is 0 Å². The van der Waals surface area contributed by atoms with E-state index in [0.717, 1.165) is 27.5 Å². The summed E-state index contributed by atoms with van der Waals surface area (Å²) < 4.78 is 44.0. The standard InChI is InChI=1S/C64H70N4O14/c1-4-33-79-64-59(67(40-47-20-14-19-45-17-8-9-21-51(45)47)63(72)78-35-34-77-41-43-15-6-5-7-16-43)39-56(66-80-42-44-23-25-48(26-24-44)68(73)74)53-36-46(18-10-12-31-69)52(22-11-13-32-70)60(61(53)64)54-37-50(28-30-57(54)82-64)81-62(71)65-55-29-27-49(75-2)38-58(55)76-3/h4-9,14-17,19-21,23-30,36-38,46,52,59-61,69-70H,1,10-13,18,22,31-35,39-42H2,2-3H3,(H,65,71)/t46-,52+,59-,60+,61+,64+/m0/s1. The van der Waals surface area contributed by atoms with Gasteiger partial charge in [0.05, 0.1) is 62.8 Å².